The van der Waals surface area contributed by atoms with Crippen molar-refractivity contribution in [2.24, 2.45) is 4.99 Å². The predicted molar refractivity (Wildman–Crippen MR) is 106 cm³/mol. The number of hydrogen-bond donors (Lipinski definition) is 1. The van der Waals surface area contributed by atoms with Gasteiger partial charge in [-0.15, -0.1) is 0 Å². The highest BCUT2D eigenvalue weighted by atomic mass is 35.5. The van der Waals surface area contributed by atoms with E-state index in [1.165, 1.54) is 23.2 Å². The zero-order chi connectivity index (χ0) is 17.9. The van der Waals surface area contributed by atoms with Crippen molar-refractivity contribution in [1.29, 1.82) is 0 Å². The highest BCUT2D eigenvalue weighted by Gasteiger charge is 2.49. The smallest absolute Gasteiger partial charge is 0.111 e. The Kier molecular flexibility index (Phi) is 3.66. The van der Waals surface area contributed by atoms with Crippen LogP contribution in [0.15, 0.2) is 23.3 Å². The van der Waals surface area contributed by atoms with Crippen LogP contribution >= 0.6 is 11.6 Å². The van der Waals surface area contributed by atoms with Crippen molar-refractivity contribution in [3.63, 3.8) is 0 Å². The number of amidine groups is 1. The fourth-order valence-electron chi connectivity index (χ4n) is 4.77. The van der Waals surface area contributed by atoms with Crippen LogP contribution in [0.25, 0.3) is 5.69 Å². The summed E-state index contributed by atoms with van der Waals surface area (Å²) in [5.41, 5.74) is 6.08. The SMILES string of the molecule is CCN1CCc2c(cnn2-c2cc3c(cc2Cl)C2(CCC2)C(=NC)N3)C1. The minimum absolute atomic E-state index is 0.0669. The first kappa shape index (κ1) is 16.3. The van der Waals surface area contributed by atoms with Gasteiger partial charge in [-0.05, 0) is 37.1 Å². The fourth-order valence-corrected chi connectivity index (χ4v) is 5.02. The first-order valence-corrected chi connectivity index (χ1v) is 9.91. The van der Waals surface area contributed by atoms with Gasteiger partial charge in [0.15, 0.2) is 0 Å². The number of anilines is 1. The van der Waals surface area contributed by atoms with E-state index < -0.39 is 0 Å². The highest BCUT2D eigenvalue weighted by molar-refractivity contribution is 6.33. The molecule has 3 heterocycles. The lowest BCUT2D eigenvalue weighted by atomic mass is 9.65. The van der Waals surface area contributed by atoms with Crippen molar-refractivity contribution >= 4 is 23.1 Å². The molecule has 2 aromatic rings. The molecule has 0 saturated heterocycles. The van der Waals surface area contributed by atoms with Crippen LogP contribution in [0.2, 0.25) is 5.02 Å². The molecular weight excluding hydrogens is 346 g/mol. The largest absolute Gasteiger partial charge is 0.343 e. The molecule has 0 unspecified atom stereocenters. The minimum atomic E-state index is 0.0669. The van der Waals surface area contributed by atoms with Crippen molar-refractivity contribution in [1.82, 2.24) is 14.7 Å². The average Bonchev–Trinajstić information content (AvgIpc) is 3.18. The summed E-state index contributed by atoms with van der Waals surface area (Å²) in [7, 11) is 1.88. The molecule has 1 spiro atoms. The number of aromatic nitrogens is 2. The Morgan fingerprint density at radius 1 is 1.35 bits per heavy atom. The van der Waals surface area contributed by atoms with Crippen molar-refractivity contribution in [2.45, 2.75) is 44.6 Å². The van der Waals surface area contributed by atoms with Gasteiger partial charge in [-0.1, -0.05) is 24.9 Å². The van der Waals surface area contributed by atoms with Gasteiger partial charge in [0.1, 0.15) is 5.84 Å². The molecule has 1 aliphatic carbocycles. The number of aliphatic imine (C=N–C) groups is 1. The summed E-state index contributed by atoms with van der Waals surface area (Å²) >= 11 is 6.76. The zero-order valence-corrected chi connectivity index (χ0v) is 16.1. The Morgan fingerprint density at radius 2 is 2.19 bits per heavy atom. The van der Waals surface area contributed by atoms with Crippen LogP contribution in [-0.4, -0.2) is 40.7 Å². The molecule has 0 radical (unpaired) electrons. The maximum absolute atomic E-state index is 6.76. The number of fused-ring (bicyclic) bond motifs is 3. The van der Waals surface area contributed by atoms with Crippen LogP contribution in [0.5, 0.6) is 0 Å². The van der Waals surface area contributed by atoms with Crippen LogP contribution in [0, 0.1) is 0 Å². The molecular formula is C20H24ClN5. The summed E-state index contributed by atoms with van der Waals surface area (Å²) < 4.78 is 2.04. The Bertz CT molecular complexity index is 909. The van der Waals surface area contributed by atoms with Crippen LogP contribution in [-0.2, 0) is 18.4 Å². The lowest BCUT2D eigenvalue weighted by Crippen LogP contribution is -2.41. The van der Waals surface area contributed by atoms with Gasteiger partial charge in [-0.2, -0.15) is 5.10 Å². The monoisotopic (exact) mass is 369 g/mol. The standard InChI is InChI=1S/C20H24ClN5/c1-3-25-8-5-17-13(12-25)11-23-26(17)18-10-16-14(9-15(18)21)20(6-4-7-20)19(22-2)24-16/h9-11H,3-8,12H2,1-2H3,(H,22,24). The van der Waals surface area contributed by atoms with E-state index in [1.54, 1.807) is 0 Å². The number of nitrogens with one attached hydrogen (secondary N) is 1. The molecule has 1 aromatic carbocycles. The van der Waals surface area contributed by atoms with Gasteiger partial charge >= 0.3 is 0 Å². The van der Waals surface area contributed by atoms with Crippen molar-refractivity contribution in [3.8, 4) is 5.69 Å². The third kappa shape index (κ3) is 2.13. The topological polar surface area (TPSA) is 45.5 Å². The molecule has 1 aromatic heterocycles. The number of nitrogens with zero attached hydrogens (tertiary/aromatic N) is 4. The van der Waals surface area contributed by atoms with Crippen LogP contribution in [0.3, 0.4) is 0 Å². The molecule has 26 heavy (non-hydrogen) atoms. The molecule has 136 valence electrons. The van der Waals surface area contributed by atoms with E-state index >= 15 is 0 Å². The Morgan fingerprint density at radius 3 is 2.88 bits per heavy atom. The number of likely N-dealkylation sites (N-methyl/N-ethyl adjacent to an activating group) is 1. The predicted octanol–water partition coefficient (Wildman–Crippen LogP) is 3.78. The average molecular weight is 370 g/mol. The third-order valence-corrected chi connectivity index (χ3v) is 6.73. The summed E-state index contributed by atoms with van der Waals surface area (Å²) in [5, 5.41) is 9.00. The van der Waals surface area contributed by atoms with E-state index in [0.29, 0.717) is 0 Å². The maximum Gasteiger partial charge on any atom is 0.111 e. The van der Waals surface area contributed by atoms with Gasteiger partial charge in [-0.25, -0.2) is 4.68 Å². The highest BCUT2D eigenvalue weighted by Crippen LogP contribution is 2.52. The van der Waals surface area contributed by atoms with Gasteiger partial charge < -0.3 is 5.32 Å². The first-order valence-electron chi connectivity index (χ1n) is 9.53. The second-order valence-corrected chi connectivity index (χ2v) is 8.04. The van der Waals surface area contributed by atoms with E-state index in [9.17, 15) is 0 Å². The van der Waals surface area contributed by atoms with Gasteiger partial charge in [-0.3, -0.25) is 9.89 Å². The Balaban J connectivity index is 1.58. The quantitative estimate of drug-likeness (QED) is 0.876. The first-order chi connectivity index (χ1) is 12.7. The third-order valence-electron chi connectivity index (χ3n) is 6.43. The summed E-state index contributed by atoms with van der Waals surface area (Å²) in [4.78, 5) is 6.97. The van der Waals surface area contributed by atoms with Crippen LogP contribution < -0.4 is 5.32 Å². The van der Waals surface area contributed by atoms with E-state index in [1.807, 2.05) is 17.9 Å². The Hall–Kier alpha value is -1.85. The molecule has 3 aliphatic rings. The van der Waals surface area contributed by atoms with Gasteiger partial charge in [0.05, 0.1) is 28.0 Å². The maximum atomic E-state index is 6.76. The molecule has 1 N–H and O–H groups in total. The van der Waals surface area contributed by atoms with Crippen molar-refractivity contribution in [2.75, 3.05) is 25.5 Å². The normalized spacial score (nSPS) is 22.2. The molecule has 5 nitrogen and oxygen atoms in total. The van der Waals surface area contributed by atoms with Gasteiger partial charge in [0.25, 0.3) is 0 Å². The molecule has 0 atom stereocenters. The van der Waals surface area contributed by atoms with E-state index in [2.05, 4.69) is 39.4 Å². The molecule has 0 amide bonds. The Labute approximate surface area is 159 Å². The molecule has 1 fully saturated rings. The number of hydrogen-bond acceptors (Lipinski definition) is 3. The van der Waals surface area contributed by atoms with Crippen LogP contribution in [0.1, 0.15) is 43.0 Å². The van der Waals surface area contributed by atoms with Crippen molar-refractivity contribution < 1.29 is 0 Å². The summed E-state index contributed by atoms with van der Waals surface area (Å²) in [6.45, 7) is 5.34. The fraction of sp³-hybridized carbons (Fsp3) is 0.500. The molecule has 1 saturated carbocycles. The number of halogens is 1. The second kappa shape index (κ2) is 5.83. The van der Waals surface area contributed by atoms with Gasteiger partial charge in [0, 0.05) is 37.8 Å². The molecule has 0 bridgehead atoms. The van der Waals surface area contributed by atoms with Gasteiger partial charge in [0.2, 0.25) is 0 Å². The zero-order valence-electron chi connectivity index (χ0n) is 15.3. The molecule has 6 heteroatoms. The number of benzene rings is 1. The van der Waals surface area contributed by atoms with E-state index in [0.717, 1.165) is 61.1 Å². The minimum Gasteiger partial charge on any atom is -0.343 e. The second-order valence-electron chi connectivity index (χ2n) is 7.63. The summed E-state index contributed by atoms with van der Waals surface area (Å²) in [5.74, 6) is 1.09. The van der Waals surface area contributed by atoms with Crippen LogP contribution in [0.4, 0.5) is 5.69 Å². The molecule has 5 rings (SSSR count). The van der Waals surface area contributed by atoms with E-state index in [-0.39, 0.29) is 5.41 Å². The summed E-state index contributed by atoms with van der Waals surface area (Å²) in [6.07, 6.45) is 6.56. The van der Waals surface area contributed by atoms with Crippen molar-refractivity contribution in [3.05, 3.63) is 40.2 Å². The van der Waals surface area contributed by atoms with E-state index in [4.69, 9.17) is 11.6 Å². The lowest BCUT2D eigenvalue weighted by Gasteiger charge is -2.38. The molecule has 2 aliphatic heterocycles. The lowest BCUT2D eigenvalue weighted by molar-refractivity contribution is 0.266. The number of rotatable bonds is 2. The summed E-state index contributed by atoms with van der Waals surface area (Å²) in [6, 6.07) is 4.31.